The van der Waals surface area contributed by atoms with Gasteiger partial charge < -0.3 is 15.0 Å². The van der Waals surface area contributed by atoms with Gasteiger partial charge in [-0.2, -0.15) is 13.2 Å². The second kappa shape index (κ2) is 15.8. The van der Waals surface area contributed by atoms with Crippen molar-refractivity contribution in [3.8, 4) is 5.75 Å². The van der Waals surface area contributed by atoms with E-state index in [2.05, 4.69) is 5.32 Å². The quantitative estimate of drug-likeness (QED) is 0.225. The third-order valence-corrected chi connectivity index (χ3v) is 8.57. The molecule has 0 saturated heterocycles. The number of anilines is 1. The Morgan fingerprint density at radius 1 is 0.956 bits per heavy atom. The van der Waals surface area contributed by atoms with Gasteiger partial charge in [-0.1, -0.05) is 55.5 Å². The molecule has 0 bridgehead atoms. The molecule has 45 heavy (non-hydrogen) atoms. The van der Waals surface area contributed by atoms with Gasteiger partial charge in [0.25, 0.3) is 0 Å². The van der Waals surface area contributed by atoms with Crippen molar-refractivity contribution in [1.29, 1.82) is 0 Å². The number of nitrogens with one attached hydrogen (secondary N) is 1. The van der Waals surface area contributed by atoms with Crippen LogP contribution in [0.4, 0.5) is 18.9 Å². The third-order valence-electron chi connectivity index (χ3n) is 7.37. The Labute approximate surface area is 263 Å². The molecule has 3 rings (SSSR count). The lowest BCUT2D eigenvalue weighted by molar-refractivity contribution is -0.141. The summed E-state index contributed by atoms with van der Waals surface area (Å²) in [7, 11) is -2.45. The average molecular weight is 648 g/mol. The minimum Gasteiger partial charge on any atom is -0.497 e. The number of nitrogens with zero attached hydrogens (tertiary/aromatic N) is 2. The summed E-state index contributed by atoms with van der Waals surface area (Å²) in [6.07, 6.45) is -2.99. The molecule has 3 aromatic carbocycles. The normalized spacial score (nSPS) is 13.0. The van der Waals surface area contributed by atoms with Crippen molar-refractivity contribution in [3.05, 3.63) is 95.6 Å². The first-order chi connectivity index (χ1) is 21.2. The van der Waals surface area contributed by atoms with Crippen LogP contribution < -0.4 is 14.4 Å². The molecular formula is C33H40F3N3O5S. The van der Waals surface area contributed by atoms with Gasteiger partial charge in [-0.15, -0.1) is 0 Å². The summed E-state index contributed by atoms with van der Waals surface area (Å²) >= 11 is 0. The van der Waals surface area contributed by atoms with Crippen molar-refractivity contribution in [2.75, 3.05) is 24.2 Å². The van der Waals surface area contributed by atoms with E-state index in [-0.39, 0.29) is 50.0 Å². The van der Waals surface area contributed by atoms with Gasteiger partial charge in [0.15, 0.2) is 0 Å². The SMILES string of the molecule is CC[C@@H](C)NC(=O)[C@H](Cc1ccccc1)N(Cc1cccc(OC)c1)C(=O)CCCN(c1cccc(C(F)(F)F)c1)S(C)(=O)=O. The molecule has 0 aliphatic rings. The molecular weight excluding hydrogens is 607 g/mol. The Morgan fingerprint density at radius 3 is 2.24 bits per heavy atom. The number of sulfonamides is 1. The Kier molecular flexibility index (Phi) is 12.4. The van der Waals surface area contributed by atoms with Crippen LogP contribution in [0, 0.1) is 0 Å². The lowest BCUT2D eigenvalue weighted by Gasteiger charge is -2.33. The number of carbonyl (C=O) groups is 2. The number of alkyl halides is 3. The number of methoxy groups -OCH3 is 1. The van der Waals surface area contributed by atoms with Gasteiger partial charge in [-0.3, -0.25) is 13.9 Å². The van der Waals surface area contributed by atoms with Crippen molar-refractivity contribution in [3.63, 3.8) is 0 Å². The molecule has 0 saturated carbocycles. The Morgan fingerprint density at radius 2 is 1.62 bits per heavy atom. The summed E-state index contributed by atoms with van der Waals surface area (Å²) in [5, 5.41) is 2.99. The van der Waals surface area contributed by atoms with E-state index in [4.69, 9.17) is 4.74 Å². The maximum atomic E-state index is 13.9. The van der Waals surface area contributed by atoms with Crippen LogP contribution in [0.5, 0.6) is 5.75 Å². The zero-order valence-electron chi connectivity index (χ0n) is 25.9. The third kappa shape index (κ3) is 10.5. The van der Waals surface area contributed by atoms with E-state index in [1.54, 1.807) is 18.2 Å². The Hall–Kier alpha value is -4.06. The number of amides is 2. The number of benzene rings is 3. The van der Waals surface area contributed by atoms with E-state index in [1.807, 2.05) is 50.2 Å². The summed E-state index contributed by atoms with van der Waals surface area (Å²) in [5.74, 6) is -0.157. The molecule has 8 nitrogen and oxygen atoms in total. The fourth-order valence-corrected chi connectivity index (χ4v) is 5.76. The van der Waals surface area contributed by atoms with Crippen molar-refractivity contribution >= 4 is 27.5 Å². The summed E-state index contributed by atoms with van der Waals surface area (Å²) in [6.45, 7) is 3.65. The number of rotatable bonds is 15. The predicted octanol–water partition coefficient (Wildman–Crippen LogP) is 5.82. The van der Waals surface area contributed by atoms with Crippen LogP contribution in [0.3, 0.4) is 0 Å². The van der Waals surface area contributed by atoms with E-state index < -0.39 is 33.7 Å². The van der Waals surface area contributed by atoms with Crippen molar-refractivity contribution < 1.29 is 35.9 Å². The Bertz CT molecular complexity index is 1530. The van der Waals surface area contributed by atoms with Crippen LogP contribution in [0.1, 0.15) is 49.8 Å². The molecule has 0 spiro atoms. The van der Waals surface area contributed by atoms with Crippen LogP contribution in [-0.2, 0) is 38.8 Å². The van der Waals surface area contributed by atoms with Crippen LogP contribution in [0.25, 0.3) is 0 Å². The highest BCUT2D eigenvalue weighted by molar-refractivity contribution is 7.92. The van der Waals surface area contributed by atoms with Crippen LogP contribution in [0.2, 0.25) is 0 Å². The molecule has 0 unspecified atom stereocenters. The van der Waals surface area contributed by atoms with Gasteiger partial charge >= 0.3 is 6.18 Å². The van der Waals surface area contributed by atoms with Crippen molar-refractivity contribution in [2.24, 2.45) is 0 Å². The minimum absolute atomic E-state index is 0.00178. The summed E-state index contributed by atoms with van der Waals surface area (Å²) in [6, 6.07) is 19.4. The van der Waals surface area contributed by atoms with Crippen LogP contribution >= 0.6 is 0 Å². The molecule has 3 aromatic rings. The van der Waals surface area contributed by atoms with E-state index >= 15 is 0 Å². The summed E-state index contributed by atoms with van der Waals surface area (Å²) in [4.78, 5) is 29.1. The molecule has 0 radical (unpaired) electrons. The largest absolute Gasteiger partial charge is 0.497 e. The molecule has 12 heteroatoms. The first kappa shape index (κ1) is 35.4. The lowest BCUT2D eigenvalue weighted by atomic mass is 10.0. The molecule has 0 heterocycles. The van der Waals surface area contributed by atoms with Gasteiger partial charge in [-0.25, -0.2) is 8.42 Å². The molecule has 0 aromatic heterocycles. The highest BCUT2D eigenvalue weighted by Gasteiger charge is 2.33. The second-order valence-corrected chi connectivity index (χ2v) is 12.8. The number of hydrogen-bond acceptors (Lipinski definition) is 5. The maximum Gasteiger partial charge on any atom is 0.416 e. The fourth-order valence-electron chi connectivity index (χ4n) is 4.80. The maximum absolute atomic E-state index is 13.9. The number of ether oxygens (including phenoxy) is 1. The number of halogens is 3. The predicted molar refractivity (Wildman–Crippen MR) is 168 cm³/mol. The molecule has 0 aliphatic heterocycles. The van der Waals surface area contributed by atoms with E-state index in [0.29, 0.717) is 12.2 Å². The van der Waals surface area contributed by atoms with Crippen LogP contribution in [-0.4, -0.2) is 57.1 Å². The minimum atomic E-state index is -4.65. The molecule has 2 atom stereocenters. The zero-order valence-corrected chi connectivity index (χ0v) is 26.7. The highest BCUT2D eigenvalue weighted by Crippen LogP contribution is 2.32. The van der Waals surface area contributed by atoms with Gasteiger partial charge in [0.05, 0.1) is 24.6 Å². The van der Waals surface area contributed by atoms with Crippen molar-refractivity contribution in [1.82, 2.24) is 10.2 Å². The van der Waals surface area contributed by atoms with E-state index in [0.717, 1.165) is 39.9 Å². The second-order valence-electron chi connectivity index (χ2n) is 10.9. The van der Waals surface area contributed by atoms with E-state index in [1.165, 1.54) is 18.1 Å². The summed E-state index contributed by atoms with van der Waals surface area (Å²) < 4.78 is 71.5. The fraction of sp³-hybridized carbons (Fsp3) is 0.394. The topological polar surface area (TPSA) is 96.0 Å². The van der Waals surface area contributed by atoms with Gasteiger partial charge in [0.2, 0.25) is 21.8 Å². The Balaban J connectivity index is 1.92. The first-order valence-electron chi connectivity index (χ1n) is 14.6. The van der Waals surface area contributed by atoms with Gasteiger partial charge in [0, 0.05) is 32.0 Å². The number of hydrogen-bond donors (Lipinski definition) is 1. The van der Waals surface area contributed by atoms with Gasteiger partial charge in [0.1, 0.15) is 11.8 Å². The zero-order chi connectivity index (χ0) is 33.2. The lowest BCUT2D eigenvalue weighted by Crippen LogP contribution is -2.52. The smallest absolute Gasteiger partial charge is 0.416 e. The average Bonchev–Trinajstić information content (AvgIpc) is 3.00. The molecule has 0 aliphatic carbocycles. The first-order valence-corrected chi connectivity index (χ1v) is 16.5. The number of carbonyl (C=O) groups excluding carboxylic acids is 2. The van der Waals surface area contributed by atoms with Crippen LogP contribution in [0.15, 0.2) is 78.9 Å². The van der Waals surface area contributed by atoms with E-state index in [9.17, 15) is 31.2 Å². The molecule has 2 amide bonds. The van der Waals surface area contributed by atoms with Gasteiger partial charge in [-0.05, 0) is 61.2 Å². The molecule has 1 N–H and O–H groups in total. The molecule has 244 valence electrons. The highest BCUT2D eigenvalue weighted by atomic mass is 32.2. The standard InChI is InChI=1S/C33H40F3N3O5S/c1-5-24(2)37-32(41)30(21-25-12-7-6-8-13-25)38(23-26-14-9-17-29(20-26)44-3)31(40)18-11-19-39(45(4,42)43)28-16-10-15-27(22-28)33(34,35)36/h6-10,12-17,20,22,24,30H,5,11,18-19,21,23H2,1-4H3,(H,37,41)/t24-,30+/m1/s1. The monoisotopic (exact) mass is 647 g/mol. The van der Waals surface area contributed by atoms with Crippen molar-refractivity contribution in [2.45, 2.75) is 64.3 Å². The molecule has 0 fully saturated rings. The summed E-state index contributed by atoms with van der Waals surface area (Å²) in [5.41, 5.74) is 0.435.